The molecule has 0 amide bonds. The predicted octanol–water partition coefficient (Wildman–Crippen LogP) is 2.55. The van der Waals surface area contributed by atoms with Crippen LogP contribution in [-0.2, 0) is 13.6 Å². The van der Waals surface area contributed by atoms with E-state index in [4.69, 9.17) is 0 Å². The molecule has 0 spiro atoms. The molecule has 1 aromatic heterocycles. The number of hydrogen-bond donors (Lipinski definition) is 1. The highest BCUT2D eigenvalue weighted by Gasteiger charge is 2.28. The normalized spacial score (nSPS) is 18.6. The maximum atomic E-state index is 4.41. The van der Waals surface area contributed by atoms with Crippen LogP contribution in [0.5, 0.6) is 0 Å². The molecule has 1 saturated heterocycles. The minimum Gasteiger partial charge on any atom is -0.357 e. The lowest BCUT2D eigenvalue weighted by Crippen LogP contribution is -2.50. The number of aliphatic imine (C=N–C) groups is 1. The molecule has 0 radical (unpaired) electrons. The zero-order valence-electron chi connectivity index (χ0n) is 12.7. The molecule has 0 saturated carbocycles. The fraction of sp³-hybridized carbons (Fsp3) is 0.643. The maximum absolute atomic E-state index is 4.41. The van der Waals surface area contributed by atoms with Crippen molar-refractivity contribution in [2.45, 2.75) is 25.1 Å². The van der Waals surface area contributed by atoms with Crippen molar-refractivity contribution in [3.05, 3.63) is 24.0 Å². The number of nitrogens with one attached hydrogen (secondary N) is 1. The zero-order chi connectivity index (χ0) is 13.9. The summed E-state index contributed by atoms with van der Waals surface area (Å²) in [6.45, 7) is 7.55. The molecular formula is C14H25IN4S. The highest BCUT2D eigenvalue weighted by Crippen LogP contribution is 2.29. The largest absolute Gasteiger partial charge is 0.357 e. The first-order valence-electron chi connectivity index (χ1n) is 6.70. The molecule has 114 valence electrons. The van der Waals surface area contributed by atoms with Gasteiger partial charge in [-0.2, -0.15) is 11.8 Å². The van der Waals surface area contributed by atoms with Gasteiger partial charge in [-0.15, -0.1) is 24.0 Å². The lowest BCUT2D eigenvalue weighted by Gasteiger charge is -2.39. The topological polar surface area (TPSA) is 32.6 Å². The second-order valence-electron chi connectivity index (χ2n) is 5.62. The predicted molar refractivity (Wildman–Crippen MR) is 99.1 cm³/mol. The molecule has 6 heteroatoms. The van der Waals surface area contributed by atoms with Gasteiger partial charge in [0.15, 0.2) is 5.96 Å². The monoisotopic (exact) mass is 408 g/mol. The maximum Gasteiger partial charge on any atom is 0.193 e. The van der Waals surface area contributed by atoms with Crippen molar-refractivity contribution in [3.8, 4) is 0 Å². The molecule has 20 heavy (non-hydrogen) atoms. The standard InChI is InChI=1S/C14H24N4S.HI/c1-14(2)11-18(7-8-19-14)13(15-3)16-9-12-5-6-17(4)10-12;/h5-6,10H,7-9,11H2,1-4H3,(H,15,16);1H. The van der Waals surface area contributed by atoms with E-state index >= 15 is 0 Å². The summed E-state index contributed by atoms with van der Waals surface area (Å²) >= 11 is 2.04. The van der Waals surface area contributed by atoms with Crippen molar-refractivity contribution in [1.29, 1.82) is 0 Å². The van der Waals surface area contributed by atoms with Gasteiger partial charge in [0.05, 0.1) is 0 Å². The van der Waals surface area contributed by atoms with Crippen molar-refractivity contribution < 1.29 is 0 Å². The molecule has 1 fully saturated rings. The summed E-state index contributed by atoms with van der Waals surface area (Å²) < 4.78 is 2.38. The first kappa shape index (κ1) is 17.7. The van der Waals surface area contributed by atoms with E-state index in [1.807, 2.05) is 25.9 Å². The molecule has 1 aliphatic rings. The van der Waals surface area contributed by atoms with Gasteiger partial charge in [0.2, 0.25) is 0 Å². The summed E-state index contributed by atoms with van der Waals surface area (Å²) in [5.41, 5.74) is 1.29. The van der Waals surface area contributed by atoms with E-state index in [9.17, 15) is 0 Å². The molecular weight excluding hydrogens is 383 g/mol. The Labute approximate surface area is 143 Å². The van der Waals surface area contributed by atoms with Crippen molar-refractivity contribution in [1.82, 2.24) is 14.8 Å². The van der Waals surface area contributed by atoms with E-state index in [1.165, 1.54) is 11.3 Å². The molecule has 1 aliphatic heterocycles. The highest BCUT2D eigenvalue weighted by atomic mass is 127. The fourth-order valence-electron chi connectivity index (χ4n) is 2.38. The Morgan fingerprint density at radius 1 is 1.50 bits per heavy atom. The minimum atomic E-state index is 0. The van der Waals surface area contributed by atoms with Gasteiger partial charge < -0.3 is 14.8 Å². The van der Waals surface area contributed by atoms with Crippen LogP contribution in [0, 0.1) is 0 Å². The third kappa shape index (κ3) is 4.87. The number of thioether (sulfide) groups is 1. The molecule has 2 heterocycles. The third-order valence-corrected chi connectivity index (χ3v) is 4.58. The Hall–Kier alpha value is -0.370. The number of aromatic nitrogens is 1. The van der Waals surface area contributed by atoms with Crippen LogP contribution in [0.25, 0.3) is 0 Å². The van der Waals surface area contributed by atoms with Gasteiger partial charge in [0, 0.05) is 56.6 Å². The minimum absolute atomic E-state index is 0. The van der Waals surface area contributed by atoms with Crippen molar-refractivity contribution in [3.63, 3.8) is 0 Å². The Bertz CT molecular complexity index is 456. The Morgan fingerprint density at radius 3 is 2.80 bits per heavy atom. The van der Waals surface area contributed by atoms with Gasteiger partial charge in [-0.05, 0) is 25.5 Å². The van der Waals surface area contributed by atoms with Crippen molar-refractivity contribution in [2.24, 2.45) is 12.0 Å². The number of halogens is 1. The van der Waals surface area contributed by atoms with Crippen LogP contribution >= 0.6 is 35.7 Å². The Morgan fingerprint density at radius 2 is 2.25 bits per heavy atom. The molecule has 0 atom stereocenters. The molecule has 0 bridgehead atoms. The van der Waals surface area contributed by atoms with E-state index in [0.29, 0.717) is 4.75 Å². The number of guanidine groups is 1. The van der Waals surface area contributed by atoms with Crippen molar-refractivity contribution >= 4 is 41.7 Å². The average Bonchev–Trinajstić information content (AvgIpc) is 2.75. The van der Waals surface area contributed by atoms with Crippen LogP contribution in [-0.4, -0.2) is 46.1 Å². The fourth-order valence-corrected chi connectivity index (χ4v) is 3.49. The third-order valence-electron chi connectivity index (χ3n) is 3.28. The van der Waals surface area contributed by atoms with Crippen LogP contribution in [0.1, 0.15) is 19.4 Å². The molecule has 0 aliphatic carbocycles. The second-order valence-corrected chi connectivity index (χ2v) is 7.42. The van der Waals surface area contributed by atoms with Crippen molar-refractivity contribution in [2.75, 3.05) is 25.9 Å². The number of rotatable bonds is 2. The van der Waals surface area contributed by atoms with Gasteiger partial charge >= 0.3 is 0 Å². The summed E-state index contributed by atoms with van der Waals surface area (Å²) in [7, 11) is 3.91. The van der Waals surface area contributed by atoms with Crippen LogP contribution in [0.3, 0.4) is 0 Å². The first-order chi connectivity index (χ1) is 9.00. The summed E-state index contributed by atoms with van der Waals surface area (Å²) in [5.74, 6) is 2.18. The van der Waals surface area contributed by atoms with E-state index in [2.05, 4.69) is 52.1 Å². The summed E-state index contributed by atoms with van der Waals surface area (Å²) in [6, 6.07) is 2.14. The number of aryl methyl sites for hydroxylation is 1. The molecule has 2 rings (SSSR count). The second kappa shape index (κ2) is 7.59. The Balaban J connectivity index is 0.00000200. The molecule has 1 N–H and O–H groups in total. The highest BCUT2D eigenvalue weighted by molar-refractivity contribution is 14.0. The number of hydrogen-bond acceptors (Lipinski definition) is 2. The Kier molecular flexibility index (Phi) is 6.71. The van der Waals surface area contributed by atoms with E-state index in [1.54, 1.807) is 0 Å². The van der Waals surface area contributed by atoms with E-state index in [0.717, 1.165) is 25.6 Å². The summed E-state index contributed by atoms with van der Waals surface area (Å²) in [6.07, 6.45) is 4.21. The lowest BCUT2D eigenvalue weighted by molar-refractivity contribution is 0.375. The molecule has 4 nitrogen and oxygen atoms in total. The molecule has 0 aromatic carbocycles. The first-order valence-corrected chi connectivity index (χ1v) is 7.69. The van der Waals surface area contributed by atoms with E-state index in [-0.39, 0.29) is 24.0 Å². The lowest BCUT2D eigenvalue weighted by atomic mass is 10.2. The van der Waals surface area contributed by atoms with E-state index < -0.39 is 0 Å². The van der Waals surface area contributed by atoms with Gasteiger partial charge in [-0.3, -0.25) is 4.99 Å². The van der Waals surface area contributed by atoms with Crippen LogP contribution in [0.2, 0.25) is 0 Å². The quantitative estimate of drug-likeness (QED) is 0.464. The van der Waals surface area contributed by atoms with Gasteiger partial charge in [0.25, 0.3) is 0 Å². The van der Waals surface area contributed by atoms with Crippen LogP contribution in [0.15, 0.2) is 23.5 Å². The average molecular weight is 408 g/mol. The van der Waals surface area contributed by atoms with Gasteiger partial charge in [-0.25, -0.2) is 0 Å². The zero-order valence-corrected chi connectivity index (χ0v) is 15.9. The van der Waals surface area contributed by atoms with Crippen LogP contribution in [0.4, 0.5) is 0 Å². The summed E-state index contributed by atoms with van der Waals surface area (Å²) in [5, 5.41) is 3.46. The smallest absolute Gasteiger partial charge is 0.193 e. The number of nitrogens with zero attached hydrogens (tertiary/aromatic N) is 3. The van der Waals surface area contributed by atoms with Crippen LogP contribution < -0.4 is 5.32 Å². The molecule has 0 unspecified atom stereocenters. The SMILES string of the molecule is CN=C(NCc1ccn(C)c1)N1CCSC(C)(C)C1.I. The summed E-state index contributed by atoms with van der Waals surface area (Å²) in [4.78, 5) is 6.78. The van der Waals surface area contributed by atoms with Gasteiger partial charge in [0.1, 0.15) is 0 Å². The molecule has 1 aromatic rings. The van der Waals surface area contributed by atoms with Gasteiger partial charge in [-0.1, -0.05) is 0 Å².